The van der Waals surface area contributed by atoms with E-state index in [4.69, 9.17) is 16.3 Å². The molecule has 2 aliphatic heterocycles. The topological polar surface area (TPSA) is 116 Å². The Morgan fingerprint density at radius 3 is 2.07 bits per heavy atom. The van der Waals surface area contributed by atoms with Gasteiger partial charge in [0.2, 0.25) is 11.8 Å². The highest BCUT2D eigenvalue weighted by atomic mass is 79.9. The lowest BCUT2D eigenvalue weighted by molar-refractivity contribution is -0.143. The van der Waals surface area contributed by atoms with Gasteiger partial charge in [0, 0.05) is 10.9 Å². The first-order chi connectivity index (χ1) is 27.8. The molecule has 3 fully saturated rings. The first-order valence-corrected chi connectivity index (χ1v) is 19.0. The predicted octanol–water partition coefficient (Wildman–Crippen LogP) is 9.18. The summed E-state index contributed by atoms with van der Waals surface area (Å²) in [5, 5.41) is 11.9. The summed E-state index contributed by atoms with van der Waals surface area (Å²) < 4.78 is 103. The molecule has 0 unspecified atom stereocenters. The van der Waals surface area contributed by atoms with E-state index in [0.29, 0.717) is 33.7 Å². The molecule has 0 spiro atoms. The van der Waals surface area contributed by atoms with Gasteiger partial charge in [-0.15, -0.1) is 0 Å². The number of methoxy groups -OCH3 is 1. The van der Waals surface area contributed by atoms with Crippen LogP contribution in [-0.2, 0) is 36.9 Å². The summed E-state index contributed by atoms with van der Waals surface area (Å²) in [7, 11) is 1.28. The number of anilines is 2. The molecule has 306 valence electrons. The second-order valence-electron chi connectivity index (χ2n) is 14.7. The Bertz CT molecular complexity index is 2450. The lowest BCUT2D eigenvalue weighted by atomic mass is 9.49. The molecule has 2 saturated heterocycles. The van der Waals surface area contributed by atoms with Gasteiger partial charge in [-0.3, -0.25) is 24.6 Å². The quantitative estimate of drug-likeness (QED) is 0.113. The van der Waals surface area contributed by atoms with Crippen LogP contribution >= 0.6 is 27.5 Å². The highest BCUT2D eigenvalue weighted by molar-refractivity contribution is 9.10. The molecule has 9 nitrogen and oxygen atoms in total. The molecular formula is C41H28BrClF7N3O6. The van der Waals surface area contributed by atoms with Gasteiger partial charge in [0.05, 0.1) is 57.3 Å². The minimum Gasteiger partial charge on any atom is -0.503 e. The van der Waals surface area contributed by atoms with Crippen LogP contribution < -0.4 is 15.1 Å². The molecule has 0 radical (unpaired) electrons. The minimum atomic E-state index is -5.27. The third kappa shape index (κ3) is 6.35. The van der Waals surface area contributed by atoms with E-state index in [1.807, 2.05) is 0 Å². The van der Waals surface area contributed by atoms with E-state index in [0.717, 1.165) is 17.1 Å². The minimum absolute atomic E-state index is 0.0463. The number of nitrogens with one attached hydrogen (secondary N) is 1. The molecule has 4 amide bonds. The molecule has 0 bridgehead atoms. The summed E-state index contributed by atoms with van der Waals surface area (Å²) in [6, 6.07) is 14.4. The highest BCUT2D eigenvalue weighted by Crippen LogP contribution is 2.65. The van der Waals surface area contributed by atoms with E-state index >= 15 is 4.79 Å². The number of alkyl halides is 6. The highest BCUT2D eigenvalue weighted by Gasteiger charge is 2.70. The molecule has 59 heavy (non-hydrogen) atoms. The van der Waals surface area contributed by atoms with Gasteiger partial charge in [0.25, 0.3) is 11.8 Å². The number of benzene rings is 4. The largest absolute Gasteiger partial charge is 0.503 e. The van der Waals surface area contributed by atoms with Gasteiger partial charge < -0.3 is 9.84 Å². The fourth-order valence-corrected chi connectivity index (χ4v) is 9.85. The number of phenols is 1. The zero-order chi connectivity index (χ0) is 42.5. The number of hydrogen-bond donors (Lipinski definition) is 2. The smallest absolute Gasteiger partial charge is 0.416 e. The first kappa shape index (κ1) is 40.4. The average Bonchev–Trinajstić information content (AvgIpc) is 3.56. The number of carbonyl (C=O) groups is 4. The fourth-order valence-electron chi connectivity index (χ4n) is 9.27. The van der Waals surface area contributed by atoms with Crippen molar-refractivity contribution in [2.45, 2.75) is 36.5 Å². The third-order valence-corrected chi connectivity index (χ3v) is 12.5. The summed E-state index contributed by atoms with van der Waals surface area (Å²) in [5.74, 6) is -10.9. The number of nitrogens with zero attached hydrogens (tertiary/aromatic N) is 2. The van der Waals surface area contributed by atoms with Crippen molar-refractivity contribution < 1.29 is 59.8 Å². The number of phenolic OH excluding ortho intramolecular Hbond substituents is 1. The van der Waals surface area contributed by atoms with Gasteiger partial charge in [0.1, 0.15) is 5.82 Å². The van der Waals surface area contributed by atoms with Crippen LogP contribution in [0.1, 0.15) is 41.0 Å². The van der Waals surface area contributed by atoms with Gasteiger partial charge in [0.15, 0.2) is 11.5 Å². The van der Waals surface area contributed by atoms with E-state index in [1.165, 1.54) is 43.5 Å². The molecule has 4 aromatic carbocycles. The summed E-state index contributed by atoms with van der Waals surface area (Å²) in [6.45, 7) is 0. The maximum atomic E-state index is 15.3. The van der Waals surface area contributed by atoms with Crippen LogP contribution in [0.2, 0.25) is 5.02 Å². The second-order valence-corrected chi connectivity index (χ2v) is 16.0. The molecule has 4 aromatic rings. The van der Waals surface area contributed by atoms with E-state index in [9.17, 15) is 50.2 Å². The van der Waals surface area contributed by atoms with Crippen molar-refractivity contribution in [3.05, 3.63) is 128 Å². The van der Waals surface area contributed by atoms with Crippen LogP contribution in [0.3, 0.4) is 0 Å². The molecule has 0 aromatic heterocycles. The Hall–Kier alpha value is -5.42. The molecule has 2 N–H and O–H groups in total. The number of halogens is 9. The maximum absolute atomic E-state index is 15.3. The van der Waals surface area contributed by atoms with Crippen molar-refractivity contribution in [1.29, 1.82) is 0 Å². The van der Waals surface area contributed by atoms with Crippen molar-refractivity contribution in [1.82, 2.24) is 5.01 Å². The van der Waals surface area contributed by atoms with Crippen LogP contribution in [-0.4, -0.2) is 40.9 Å². The maximum Gasteiger partial charge on any atom is 0.416 e. The van der Waals surface area contributed by atoms with Gasteiger partial charge in [-0.1, -0.05) is 35.4 Å². The van der Waals surface area contributed by atoms with Crippen LogP contribution in [0.4, 0.5) is 42.1 Å². The number of carbonyl (C=O) groups excluding carboxylic acids is 4. The molecule has 6 atom stereocenters. The monoisotopic (exact) mass is 905 g/mol. The standard InChI is InChI=1S/C41H28BrClF7N3O6/c1-59-31-13-18(12-30(42)34(31)54)33-26-10-11-27-32(37(57)52(35(27)55)25-15-20(40(45,46)47)14-21(16-25)41(48,49)50)28(26)17-29-36(56)53(51-24-8-6-23(44)7-9-24)38(58)39(29,33)19-2-4-22(43)5-3-19/h2-10,12-16,27-29,32-33,51,54H,11,17H2,1H3/t27-,28+,29-,32-,33-,39+/m0/s1. The van der Waals surface area contributed by atoms with Crippen molar-refractivity contribution in [2.75, 3.05) is 17.4 Å². The lowest BCUT2D eigenvalue weighted by Gasteiger charge is -2.50. The number of ether oxygens (including phenoxy) is 1. The Kier molecular flexibility index (Phi) is 9.65. The van der Waals surface area contributed by atoms with Gasteiger partial charge in [-0.2, -0.15) is 31.4 Å². The average molecular weight is 907 g/mol. The summed E-state index contributed by atoms with van der Waals surface area (Å²) in [6.07, 6.45) is -9.41. The fraction of sp³-hybridized carbons (Fsp3) is 0.268. The van der Waals surface area contributed by atoms with Crippen molar-refractivity contribution in [3.8, 4) is 11.5 Å². The summed E-state index contributed by atoms with van der Waals surface area (Å²) in [4.78, 5) is 59.1. The van der Waals surface area contributed by atoms with E-state index in [1.54, 1.807) is 18.2 Å². The zero-order valence-corrected chi connectivity index (χ0v) is 32.5. The SMILES string of the molecule is COc1cc([C@H]2C3=CC[C@@H]4C(=O)N(c5cc(C(F)(F)F)cc(C(F)(F)F)c5)C(=O)[C@@H]4[C@@H]3C[C@H]3C(=O)N(Nc4ccc(F)cc4)C(=O)[C@@]23c2ccc(Cl)cc2)cc(Br)c1O. The number of hydrazine groups is 1. The zero-order valence-electron chi connectivity index (χ0n) is 30.2. The molecule has 1 saturated carbocycles. The van der Waals surface area contributed by atoms with E-state index < -0.39 is 93.6 Å². The van der Waals surface area contributed by atoms with Crippen LogP contribution in [0.25, 0.3) is 0 Å². The van der Waals surface area contributed by atoms with Crippen LogP contribution in [0.5, 0.6) is 11.5 Å². The van der Waals surface area contributed by atoms with Gasteiger partial charge in [-0.25, -0.2) is 9.29 Å². The lowest BCUT2D eigenvalue weighted by Crippen LogP contribution is -2.53. The van der Waals surface area contributed by atoms with Crippen LogP contribution in [0, 0.1) is 29.5 Å². The molecule has 4 aliphatic rings. The first-order valence-electron chi connectivity index (χ1n) is 17.9. The number of rotatable bonds is 6. The Labute approximate surface area is 343 Å². The molecule has 2 aliphatic carbocycles. The van der Waals surface area contributed by atoms with Crippen molar-refractivity contribution in [2.24, 2.45) is 23.7 Å². The molecule has 8 rings (SSSR count). The normalized spacial score (nSPS) is 25.5. The summed E-state index contributed by atoms with van der Waals surface area (Å²) in [5.41, 5.74) is -2.29. The number of allylic oxidation sites excluding steroid dienone is 2. The van der Waals surface area contributed by atoms with Crippen molar-refractivity contribution >= 4 is 62.5 Å². The molecule has 2 heterocycles. The van der Waals surface area contributed by atoms with E-state index in [2.05, 4.69) is 21.4 Å². The Morgan fingerprint density at radius 2 is 1.47 bits per heavy atom. The molecule has 18 heteroatoms. The summed E-state index contributed by atoms with van der Waals surface area (Å²) >= 11 is 9.64. The number of aromatic hydroxyl groups is 1. The van der Waals surface area contributed by atoms with Crippen LogP contribution in [0.15, 0.2) is 95.0 Å². The third-order valence-electron chi connectivity index (χ3n) is 11.7. The number of hydrogen-bond acceptors (Lipinski definition) is 7. The number of amides is 4. The van der Waals surface area contributed by atoms with Crippen molar-refractivity contribution in [3.63, 3.8) is 0 Å². The van der Waals surface area contributed by atoms with Gasteiger partial charge >= 0.3 is 12.4 Å². The number of fused-ring (bicyclic) bond motifs is 4. The molecular weight excluding hydrogens is 879 g/mol. The Balaban J connectivity index is 1.33. The second kappa shape index (κ2) is 14.1. The van der Waals surface area contributed by atoms with Gasteiger partial charge in [-0.05, 0) is 113 Å². The van der Waals surface area contributed by atoms with E-state index in [-0.39, 0.29) is 45.6 Å². The predicted molar refractivity (Wildman–Crippen MR) is 200 cm³/mol. The number of imide groups is 2. The Morgan fingerprint density at radius 1 is 0.847 bits per heavy atom.